The highest BCUT2D eigenvalue weighted by atomic mass is 35.5. The standard InChI is InChI=1S/C16H23ClN2OS/c1-12(21-3)16(20)18(2)14-8-10-19(11-9-14)15-6-4-13(17)5-7-15/h4-7,12,14H,8-11H2,1-3H3/t12-/m1/s1. The summed E-state index contributed by atoms with van der Waals surface area (Å²) in [6.45, 7) is 3.95. The molecule has 0 bridgehead atoms. The van der Waals surface area contributed by atoms with Crippen molar-refractivity contribution in [3.8, 4) is 0 Å². The average molecular weight is 327 g/mol. The van der Waals surface area contributed by atoms with Crippen molar-refractivity contribution in [2.75, 3.05) is 31.3 Å². The van der Waals surface area contributed by atoms with Crippen LogP contribution < -0.4 is 4.90 Å². The lowest BCUT2D eigenvalue weighted by Gasteiger charge is -2.38. The van der Waals surface area contributed by atoms with Crippen LogP contribution in [0.4, 0.5) is 5.69 Å². The zero-order valence-electron chi connectivity index (χ0n) is 12.9. The van der Waals surface area contributed by atoms with Gasteiger partial charge in [0.1, 0.15) is 0 Å². The number of rotatable bonds is 4. The molecule has 0 saturated carbocycles. The van der Waals surface area contributed by atoms with Gasteiger partial charge in [0.25, 0.3) is 0 Å². The van der Waals surface area contributed by atoms with Crippen LogP contribution in [0.2, 0.25) is 5.02 Å². The lowest BCUT2D eigenvalue weighted by molar-refractivity contribution is -0.131. The number of halogens is 1. The van der Waals surface area contributed by atoms with Gasteiger partial charge in [-0.2, -0.15) is 11.8 Å². The highest BCUT2D eigenvalue weighted by Gasteiger charge is 2.27. The third-order valence-corrected chi connectivity index (χ3v) is 5.41. The SMILES string of the molecule is CS[C@H](C)C(=O)N(C)C1CCN(c2ccc(Cl)cc2)CC1. The molecule has 1 aliphatic heterocycles. The minimum absolute atomic E-state index is 0.0456. The molecule has 5 heteroatoms. The molecule has 0 spiro atoms. The molecule has 21 heavy (non-hydrogen) atoms. The smallest absolute Gasteiger partial charge is 0.235 e. The lowest BCUT2D eigenvalue weighted by atomic mass is 10.0. The van der Waals surface area contributed by atoms with Crippen molar-refractivity contribution in [1.29, 1.82) is 0 Å². The van der Waals surface area contributed by atoms with Gasteiger partial charge in [0.15, 0.2) is 0 Å². The first-order valence-corrected chi connectivity index (χ1v) is 8.99. The molecule has 0 N–H and O–H groups in total. The van der Waals surface area contributed by atoms with E-state index in [2.05, 4.69) is 17.0 Å². The molecule has 2 rings (SSSR count). The molecule has 0 aromatic heterocycles. The summed E-state index contributed by atoms with van der Waals surface area (Å²) in [6, 6.07) is 8.34. The van der Waals surface area contributed by atoms with E-state index in [4.69, 9.17) is 11.6 Å². The molecule has 0 radical (unpaired) electrons. The van der Waals surface area contributed by atoms with Crippen molar-refractivity contribution in [3.05, 3.63) is 29.3 Å². The minimum atomic E-state index is 0.0456. The second kappa shape index (κ2) is 7.41. The van der Waals surface area contributed by atoms with E-state index < -0.39 is 0 Å². The minimum Gasteiger partial charge on any atom is -0.371 e. The molecule has 3 nitrogen and oxygen atoms in total. The number of carbonyl (C=O) groups is 1. The summed E-state index contributed by atoms with van der Waals surface area (Å²) in [6.07, 6.45) is 4.03. The number of anilines is 1. The van der Waals surface area contributed by atoms with Crippen LogP contribution in [-0.4, -0.2) is 48.5 Å². The fourth-order valence-electron chi connectivity index (χ4n) is 2.73. The van der Waals surface area contributed by atoms with Crippen LogP contribution in [-0.2, 0) is 4.79 Å². The van der Waals surface area contributed by atoms with E-state index in [1.54, 1.807) is 11.8 Å². The fourth-order valence-corrected chi connectivity index (χ4v) is 3.22. The van der Waals surface area contributed by atoms with Crippen molar-refractivity contribution in [3.63, 3.8) is 0 Å². The van der Waals surface area contributed by atoms with Gasteiger partial charge in [-0.1, -0.05) is 11.6 Å². The summed E-state index contributed by atoms with van der Waals surface area (Å²) in [7, 11) is 1.94. The van der Waals surface area contributed by atoms with E-state index in [1.807, 2.05) is 37.3 Å². The number of piperidine rings is 1. The number of carbonyl (C=O) groups excluding carboxylic acids is 1. The van der Waals surface area contributed by atoms with Crippen molar-refractivity contribution < 1.29 is 4.79 Å². The first-order chi connectivity index (χ1) is 10.0. The second-order valence-corrected chi connectivity index (χ2v) is 7.14. The zero-order valence-corrected chi connectivity index (χ0v) is 14.5. The fraction of sp³-hybridized carbons (Fsp3) is 0.562. The first kappa shape index (κ1) is 16.5. The maximum atomic E-state index is 12.2. The van der Waals surface area contributed by atoms with Crippen LogP contribution in [0.25, 0.3) is 0 Å². The van der Waals surface area contributed by atoms with Crippen molar-refractivity contribution in [2.24, 2.45) is 0 Å². The van der Waals surface area contributed by atoms with Gasteiger partial charge in [-0.15, -0.1) is 0 Å². The average Bonchev–Trinajstić information content (AvgIpc) is 2.53. The molecule has 1 atom stereocenters. The lowest BCUT2D eigenvalue weighted by Crippen LogP contribution is -2.47. The highest BCUT2D eigenvalue weighted by molar-refractivity contribution is 7.99. The van der Waals surface area contributed by atoms with Crippen molar-refractivity contribution in [2.45, 2.75) is 31.1 Å². The number of thioether (sulfide) groups is 1. The molecule has 1 aromatic carbocycles. The second-order valence-electron chi connectivity index (χ2n) is 5.52. The van der Waals surface area contributed by atoms with Gasteiger partial charge in [0.05, 0.1) is 5.25 Å². The third-order valence-electron chi connectivity index (χ3n) is 4.25. The Balaban J connectivity index is 1.91. The number of nitrogens with zero attached hydrogens (tertiary/aromatic N) is 2. The Morgan fingerprint density at radius 3 is 2.43 bits per heavy atom. The molecule has 0 unspecified atom stereocenters. The highest BCUT2D eigenvalue weighted by Crippen LogP contribution is 2.24. The van der Waals surface area contributed by atoms with E-state index in [0.29, 0.717) is 6.04 Å². The third kappa shape index (κ3) is 4.07. The van der Waals surface area contributed by atoms with Crippen LogP contribution in [0, 0.1) is 0 Å². The molecular formula is C16H23ClN2OS. The van der Waals surface area contributed by atoms with E-state index in [-0.39, 0.29) is 11.2 Å². The Hall–Kier alpha value is -0.870. The summed E-state index contributed by atoms with van der Waals surface area (Å²) in [5, 5.41) is 0.814. The Bertz CT molecular complexity index is 472. The number of benzene rings is 1. The van der Waals surface area contributed by atoms with Crippen molar-refractivity contribution in [1.82, 2.24) is 4.90 Å². The molecule has 1 amide bonds. The van der Waals surface area contributed by atoms with E-state index in [0.717, 1.165) is 31.0 Å². The Labute approximate surface area is 136 Å². The summed E-state index contributed by atoms with van der Waals surface area (Å²) >= 11 is 7.54. The van der Waals surface area contributed by atoms with Crippen LogP contribution >= 0.6 is 23.4 Å². The van der Waals surface area contributed by atoms with E-state index >= 15 is 0 Å². The monoisotopic (exact) mass is 326 g/mol. The van der Waals surface area contributed by atoms with Gasteiger partial charge in [0, 0.05) is 36.9 Å². The molecule has 1 saturated heterocycles. The predicted octanol–water partition coefficient (Wildman–Crippen LogP) is 3.52. The Morgan fingerprint density at radius 1 is 1.33 bits per heavy atom. The van der Waals surface area contributed by atoms with Crippen LogP contribution in [0.3, 0.4) is 0 Å². The van der Waals surface area contributed by atoms with Crippen LogP contribution in [0.15, 0.2) is 24.3 Å². The normalized spacial score (nSPS) is 17.6. The topological polar surface area (TPSA) is 23.6 Å². The Kier molecular flexibility index (Phi) is 5.82. The molecule has 1 aromatic rings. The summed E-state index contributed by atoms with van der Waals surface area (Å²) in [5.74, 6) is 0.243. The molecule has 0 aliphatic carbocycles. The maximum absolute atomic E-state index is 12.2. The van der Waals surface area contributed by atoms with Gasteiger partial charge >= 0.3 is 0 Å². The molecule has 1 heterocycles. The molecule has 1 fully saturated rings. The van der Waals surface area contributed by atoms with Crippen LogP contribution in [0.5, 0.6) is 0 Å². The van der Waals surface area contributed by atoms with Gasteiger partial charge in [-0.25, -0.2) is 0 Å². The zero-order chi connectivity index (χ0) is 15.4. The first-order valence-electron chi connectivity index (χ1n) is 7.33. The summed E-state index contributed by atoms with van der Waals surface area (Å²) < 4.78 is 0. The quantitative estimate of drug-likeness (QED) is 0.846. The van der Waals surface area contributed by atoms with Gasteiger partial charge in [-0.05, 0) is 50.3 Å². The van der Waals surface area contributed by atoms with Crippen LogP contribution in [0.1, 0.15) is 19.8 Å². The number of amides is 1. The van der Waals surface area contributed by atoms with E-state index in [1.165, 1.54) is 5.69 Å². The largest absolute Gasteiger partial charge is 0.371 e. The van der Waals surface area contributed by atoms with Gasteiger partial charge < -0.3 is 9.80 Å². The number of hydrogen-bond donors (Lipinski definition) is 0. The Morgan fingerprint density at radius 2 is 1.90 bits per heavy atom. The van der Waals surface area contributed by atoms with Gasteiger partial charge in [-0.3, -0.25) is 4.79 Å². The molecule has 1 aliphatic rings. The predicted molar refractivity (Wildman–Crippen MR) is 92.4 cm³/mol. The number of hydrogen-bond acceptors (Lipinski definition) is 3. The summed E-state index contributed by atoms with van der Waals surface area (Å²) in [4.78, 5) is 16.5. The summed E-state index contributed by atoms with van der Waals surface area (Å²) in [5.41, 5.74) is 1.21. The maximum Gasteiger partial charge on any atom is 0.235 e. The van der Waals surface area contributed by atoms with Crippen molar-refractivity contribution >= 4 is 35.0 Å². The molecule has 116 valence electrons. The van der Waals surface area contributed by atoms with E-state index in [9.17, 15) is 4.79 Å². The van der Waals surface area contributed by atoms with Gasteiger partial charge in [0.2, 0.25) is 5.91 Å². The molecular weight excluding hydrogens is 304 g/mol.